The van der Waals surface area contributed by atoms with Gasteiger partial charge in [-0.25, -0.2) is 4.68 Å². The molecule has 2 rings (SSSR count). The van der Waals surface area contributed by atoms with Crippen molar-refractivity contribution in [2.24, 2.45) is 0 Å². The van der Waals surface area contributed by atoms with Crippen molar-refractivity contribution in [1.82, 2.24) is 20.2 Å². The molecule has 0 aliphatic carbocycles. The van der Waals surface area contributed by atoms with Crippen LogP contribution in [0.2, 0.25) is 0 Å². The van der Waals surface area contributed by atoms with Crippen molar-refractivity contribution < 1.29 is 14.3 Å². The number of hydrogen-bond acceptors (Lipinski definition) is 5. The normalized spacial score (nSPS) is 10.7. The largest absolute Gasteiger partial charge is 0.481 e. The van der Waals surface area contributed by atoms with Gasteiger partial charge in [-0.1, -0.05) is 6.92 Å². The highest BCUT2D eigenvalue weighted by Gasteiger charge is 2.14. The average Bonchev–Trinajstić information content (AvgIpc) is 2.95. The van der Waals surface area contributed by atoms with E-state index in [0.717, 1.165) is 17.7 Å². The Hall–Kier alpha value is -2.18. The Morgan fingerprint density at radius 2 is 2.39 bits per heavy atom. The number of furan rings is 1. The third kappa shape index (κ3) is 2.55. The summed E-state index contributed by atoms with van der Waals surface area (Å²) in [6, 6.07) is 1.82. The molecule has 0 unspecified atom stereocenters. The summed E-state index contributed by atoms with van der Waals surface area (Å²) in [6.07, 6.45) is 2.95. The first-order chi connectivity index (χ1) is 8.72. The second-order valence-electron chi connectivity index (χ2n) is 3.83. The fraction of sp³-hybridized carbons (Fsp3) is 0.455. The summed E-state index contributed by atoms with van der Waals surface area (Å²) in [5, 5.41) is 20.1. The molecule has 7 nitrogen and oxygen atoms in total. The van der Waals surface area contributed by atoms with Crippen molar-refractivity contribution in [2.45, 2.75) is 32.7 Å². The summed E-state index contributed by atoms with van der Waals surface area (Å²) in [5.41, 5.74) is 0.859. The van der Waals surface area contributed by atoms with Crippen LogP contribution in [0.3, 0.4) is 0 Å². The highest BCUT2D eigenvalue weighted by atomic mass is 16.4. The first-order valence-corrected chi connectivity index (χ1v) is 5.77. The molecule has 0 saturated carbocycles. The molecule has 7 heteroatoms. The van der Waals surface area contributed by atoms with E-state index >= 15 is 0 Å². The molecular formula is C11H14N4O3. The highest BCUT2D eigenvalue weighted by Crippen LogP contribution is 2.22. The fourth-order valence-corrected chi connectivity index (χ4v) is 1.74. The van der Waals surface area contributed by atoms with Crippen molar-refractivity contribution in [3.8, 4) is 11.4 Å². The number of aliphatic carboxylic acids is 1. The lowest BCUT2D eigenvalue weighted by molar-refractivity contribution is -0.137. The number of aryl methyl sites for hydroxylation is 2. The zero-order valence-electron chi connectivity index (χ0n) is 10.0. The van der Waals surface area contributed by atoms with E-state index < -0.39 is 5.97 Å². The second kappa shape index (κ2) is 5.44. The molecule has 0 atom stereocenters. The number of tetrazole rings is 1. The summed E-state index contributed by atoms with van der Waals surface area (Å²) >= 11 is 0. The second-order valence-corrected chi connectivity index (χ2v) is 3.83. The fourth-order valence-electron chi connectivity index (χ4n) is 1.74. The number of aromatic nitrogens is 4. The van der Waals surface area contributed by atoms with Crippen molar-refractivity contribution in [3.05, 3.63) is 18.1 Å². The van der Waals surface area contributed by atoms with Gasteiger partial charge in [-0.15, -0.1) is 5.10 Å². The van der Waals surface area contributed by atoms with Crippen LogP contribution in [-0.4, -0.2) is 31.3 Å². The molecular weight excluding hydrogens is 236 g/mol. The Morgan fingerprint density at radius 1 is 1.56 bits per heavy atom. The predicted molar refractivity (Wildman–Crippen MR) is 61.8 cm³/mol. The molecule has 2 aromatic rings. The Kier molecular flexibility index (Phi) is 3.71. The lowest BCUT2D eigenvalue weighted by atomic mass is 10.2. The molecule has 0 fully saturated rings. The van der Waals surface area contributed by atoms with Crippen LogP contribution >= 0.6 is 0 Å². The summed E-state index contributed by atoms with van der Waals surface area (Å²) in [6.45, 7) is 2.46. The number of rotatable bonds is 6. The van der Waals surface area contributed by atoms with E-state index in [1.165, 1.54) is 0 Å². The minimum absolute atomic E-state index is 0.103. The van der Waals surface area contributed by atoms with Gasteiger partial charge >= 0.3 is 5.97 Å². The standard InChI is InChI=1S/C11H14N4O3/c1-2-9-8(5-7-18-9)11-12-13-14-15(11)6-3-4-10(16)17/h5,7H,2-4,6H2,1H3,(H,16,17). The van der Waals surface area contributed by atoms with E-state index in [0.29, 0.717) is 18.8 Å². The molecule has 2 heterocycles. The first-order valence-electron chi connectivity index (χ1n) is 5.77. The minimum Gasteiger partial charge on any atom is -0.481 e. The van der Waals surface area contributed by atoms with Gasteiger partial charge in [0.1, 0.15) is 5.76 Å². The number of carbonyl (C=O) groups is 1. The van der Waals surface area contributed by atoms with Crippen LogP contribution < -0.4 is 0 Å². The quantitative estimate of drug-likeness (QED) is 0.831. The van der Waals surface area contributed by atoms with Gasteiger partial charge in [-0.2, -0.15) is 0 Å². The summed E-state index contributed by atoms with van der Waals surface area (Å²) in [4.78, 5) is 10.5. The number of carboxylic acid groups (broad SMARTS) is 1. The van der Waals surface area contributed by atoms with Crippen molar-refractivity contribution in [2.75, 3.05) is 0 Å². The number of hydrogen-bond donors (Lipinski definition) is 1. The van der Waals surface area contributed by atoms with Crippen LogP contribution in [0.1, 0.15) is 25.5 Å². The van der Waals surface area contributed by atoms with Crippen LogP contribution in [0.15, 0.2) is 16.7 Å². The van der Waals surface area contributed by atoms with Gasteiger partial charge in [0.25, 0.3) is 0 Å². The molecule has 0 aliphatic rings. The van der Waals surface area contributed by atoms with Crippen LogP contribution in [0.25, 0.3) is 11.4 Å². The molecule has 0 saturated heterocycles. The van der Waals surface area contributed by atoms with Gasteiger partial charge in [0, 0.05) is 19.4 Å². The first kappa shape index (κ1) is 12.3. The van der Waals surface area contributed by atoms with Gasteiger partial charge in [0.05, 0.1) is 11.8 Å². The Labute approximate surface area is 103 Å². The molecule has 0 amide bonds. The molecule has 18 heavy (non-hydrogen) atoms. The van der Waals surface area contributed by atoms with Crippen LogP contribution in [0.5, 0.6) is 0 Å². The van der Waals surface area contributed by atoms with E-state index in [-0.39, 0.29) is 6.42 Å². The molecule has 0 bridgehead atoms. The predicted octanol–water partition coefficient (Wildman–Crippen LogP) is 1.36. The smallest absolute Gasteiger partial charge is 0.303 e. The summed E-state index contributed by atoms with van der Waals surface area (Å²) in [5.74, 6) is 0.623. The molecule has 0 spiro atoms. The lowest BCUT2D eigenvalue weighted by Crippen LogP contribution is -2.05. The SMILES string of the molecule is CCc1occc1-c1nnnn1CCCC(=O)O. The van der Waals surface area contributed by atoms with E-state index in [4.69, 9.17) is 9.52 Å². The van der Waals surface area contributed by atoms with Crippen LogP contribution in [-0.2, 0) is 17.8 Å². The van der Waals surface area contributed by atoms with Gasteiger partial charge in [0.2, 0.25) is 0 Å². The van der Waals surface area contributed by atoms with Crippen molar-refractivity contribution >= 4 is 5.97 Å². The Morgan fingerprint density at radius 3 is 3.11 bits per heavy atom. The van der Waals surface area contributed by atoms with E-state index in [2.05, 4.69) is 15.5 Å². The third-order valence-corrected chi connectivity index (χ3v) is 2.60. The van der Waals surface area contributed by atoms with Crippen molar-refractivity contribution in [1.29, 1.82) is 0 Å². The van der Waals surface area contributed by atoms with Crippen molar-refractivity contribution in [3.63, 3.8) is 0 Å². The maximum absolute atomic E-state index is 10.5. The van der Waals surface area contributed by atoms with Gasteiger partial charge in [-0.05, 0) is 22.9 Å². The Bertz CT molecular complexity index is 532. The topological polar surface area (TPSA) is 94.0 Å². The molecule has 2 aromatic heterocycles. The maximum Gasteiger partial charge on any atom is 0.303 e. The van der Waals surface area contributed by atoms with Gasteiger partial charge in [-0.3, -0.25) is 4.79 Å². The molecule has 0 aliphatic heterocycles. The summed E-state index contributed by atoms with van der Waals surface area (Å²) < 4.78 is 6.94. The molecule has 0 aromatic carbocycles. The van der Waals surface area contributed by atoms with Gasteiger partial charge in [0.15, 0.2) is 5.82 Å². The summed E-state index contributed by atoms with van der Waals surface area (Å²) in [7, 11) is 0. The highest BCUT2D eigenvalue weighted by molar-refractivity contribution is 5.66. The maximum atomic E-state index is 10.5. The monoisotopic (exact) mass is 250 g/mol. The minimum atomic E-state index is -0.817. The molecule has 0 radical (unpaired) electrons. The zero-order valence-corrected chi connectivity index (χ0v) is 10.0. The number of carboxylic acids is 1. The van der Waals surface area contributed by atoms with E-state index in [1.807, 2.05) is 13.0 Å². The van der Waals surface area contributed by atoms with Gasteiger partial charge < -0.3 is 9.52 Å². The third-order valence-electron chi connectivity index (χ3n) is 2.60. The molecule has 96 valence electrons. The number of nitrogens with zero attached hydrogens (tertiary/aromatic N) is 4. The van der Waals surface area contributed by atoms with E-state index in [1.54, 1.807) is 10.9 Å². The van der Waals surface area contributed by atoms with Crippen LogP contribution in [0.4, 0.5) is 0 Å². The average molecular weight is 250 g/mol. The van der Waals surface area contributed by atoms with Crippen LogP contribution in [0, 0.1) is 0 Å². The lowest BCUT2D eigenvalue weighted by Gasteiger charge is -2.03. The zero-order chi connectivity index (χ0) is 13.0. The Balaban J connectivity index is 2.15. The van der Waals surface area contributed by atoms with E-state index in [9.17, 15) is 4.79 Å². The molecule has 1 N–H and O–H groups in total.